The Hall–Kier alpha value is -1.44. The van der Waals surface area contributed by atoms with Crippen molar-refractivity contribution in [1.82, 2.24) is 9.71 Å². The van der Waals surface area contributed by atoms with Gasteiger partial charge in [0.2, 0.25) is 10.0 Å². The normalized spacial score (nSPS) is 11.5. The zero-order valence-electron chi connectivity index (χ0n) is 11.4. The molecule has 0 bridgehead atoms. The quantitative estimate of drug-likeness (QED) is 0.859. The van der Waals surface area contributed by atoms with Crippen LogP contribution in [0.2, 0.25) is 0 Å². The van der Waals surface area contributed by atoms with Crippen molar-refractivity contribution in [3.8, 4) is 0 Å². The highest BCUT2D eigenvalue weighted by atomic mass is 32.2. The van der Waals surface area contributed by atoms with Gasteiger partial charge < -0.3 is 5.32 Å². The summed E-state index contributed by atoms with van der Waals surface area (Å²) in [6, 6.07) is 3.21. The second-order valence-electron chi connectivity index (χ2n) is 4.31. The van der Waals surface area contributed by atoms with Gasteiger partial charge >= 0.3 is 0 Å². The van der Waals surface area contributed by atoms with Gasteiger partial charge in [-0.3, -0.25) is 0 Å². The molecular weight excluding hydrogens is 294 g/mol. The van der Waals surface area contributed by atoms with Crippen LogP contribution in [0.3, 0.4) is 0 Å². The molecule has 0 amide bonds. The summed E-state index contributed by atoms with van der Waals surface area (Å²) in [5.41, 5.74) is 2.09. The molecule has 2 heterocycles. The number of rotatable bonds is 6. The van der Waals surface area contributed by atoms with Gasteiger partial charge in [-0.05, 0) is 47.9 Å². The van der Waals surface area contributed by atoms with Crippen LogP contribution in [0.4, 0.5) is 5.82 Å². The molecule has 0 unspecified atom stereocenters. The molecule has 2 aromatic heterocycles. The standard InChI is InChI=1S/C13H17N3O2S2/c1-3-14-13-5-4-12(7-15-13)20(17,18)16-6-11-9-19-8-10(11)2/h4-5,7-9,16H,3,6H2,1-2H3,(H,14,15). The lowest BCUT2D eigenvalue weighted by Crippen LogP contribution is -2.23. The Morgan fingerprint density at radius 2 is 2.10 bits per heavy atom. The first-order chi connectivity index (χ1) is 9.53. The Balaban J connectivity index is 2.08. The molecule has 0 aliphatic heterocycles. The number of pyridine rings is 1. The highest BCUT2D eigenvalue weighted by molar-refractivity contribution is 7.89. The molecule has 0 saturated carbocycles. The van der Waals surface area contributed by atoms with E-state index in [4.69, 9.17) is 0 Å². The van der Waals surface area contributed by atoms with Gasteiger partial charge in [-0.15, -0.1) is 0 Å². The fraction of sp³-hybridized carbons (Fsp3) is 0.308. The first-order valence-electron chi connectivity index (χ1n) is 6.24. The van der Waals surface area contributed by atoms with Crippen LogP contribution in [0.5, 0.6) is 0 Å². The third-order valence-electron chi connectivity index (χ3n) is 2.82. The van der Waals surface area contributed by atoms with Crippen molar-refractivity contribution in [2.45, 2.75) is 25.3 Å². The molecule has 108 valence electrons. The van der Waals surface area contributed by atoms with E-state index in [1.807, 2.05) is 24.6 Å². The summed E-state index contributed by atoms with van der Waals surface area (Å²) in [5.74, 6) is 0.667. The number of anilines is 1. The number of nitrogens with one attached hydrogen (secondary N) is 2. The van der Waals surface area contributed by atoms with Crippen LogP contribution >= 0.6 is 11.3 Å². The number of hydrogen-bond donors (Lipinski definition) is 2. The molecule has 0 atom stereocenters. The van der Waals surface area contributed by atoms with E-state index in [0.717, 1.165) is 17.7 Å². The van der Waals surface area contributed by atoms with Crippen molar-refractivity contribution < 1.29 is 8.42 Å². The summed E-state index contributed by atoms with van der Waals surface area (Å²) in [4.78, 5) is 4.24. The van der Waals surface area contributed by atoms with Gasteiger partial charge in [-0.2, -0.15) is 11.3 Å². The number of sulfonamides is 1. The van der Waals surface area contributed by atoms with E-state index in [2.05, 4.69) is 15.0 Å². The molecule has 2 rings (SSSR count). The van der Waals surface area contributed by atoms with Gasteiger partial charge in [0.05, 0.1) is 0 Å². The fourth-order valence-corrected chi connectivity index (χ4v) is 3.46. The monoisotopic (exact) mass is 311 g/mol. The largest absolute Gasteiger partial charge is 0.370 e. The lowest BCUT2D eigenvalue weighted by Gasteiger charge is -2.07. The third kappa shape index (κ3) is 3.56. The van der Waals surface area contributed by atoms with Crippen LogP contribution in [0.15, 0.2) is 34.0 Å². The predicted molar refractivity (Wildman–Crippen MR) is 81.5 cm³/mol. The molecule has 0 aliphatic rings. The smallest absolute Gasteiger partial charge is 0.242 e. The summed E-state index contributed by atoms with van der Waals surface area (Å²) >= 11 is 1.56. The summed E-state index contributed by atoms with van der Waals surface area (Å²) in [6.07, 6.45) is 1.36. The predicted octanol–water partition coefficient (Wildman–Crippen LogP) is 2.36. The number of aryl methyl sites for hydroxylation is 1. The van der Waals surface area contributed by atoms with Crippen molar-refractivity contribution in [2.75, 3.05) is 11.9 Å². The molecule has 7 heteroatoms. The Labute approximate surface area is 123 Å². The van der Waals surface area contributed by atoms with Crippen LogP contribution < -0.4 is 10.0 Å². The highest BCUT2D eigenvalue weighted by Crippen LogP contribution is 2.15. The molecular formula is C13H17N3O2S2. The molecule has 20 heavy (non-hydrogen) atoms. The van der Waals surface area contributed by atoms with E-state index < -0.39 is 10.0 Å². The van der Waals surface area contributed by atoms with E-state index in [9.17, 15) is 8.42 Å². The van der Waals surface area contributed by atoms with Gasteiger partial charge in [0.25, 0.3) is 0 Å². The van der Waals surface area contributed by atoms with Gasteiger partial charge in [-0.25, -0.2) is 18.1 Å². The average Bonchev–Trinajstić information content (AvgIpc) is 2.83. The Bertz CT molecular complexity index is 663. The number of hydrogen-bond acceptors (Lipinski definition) is 5. The average molecular weight is 311 g/mol. The zero-order chi connectivity index (χ0) is 14.6. The summed E-state index contributed by atoms with van der Waals surface area (Å²) in [6.45, 7) is 4.96. The van der Waals surface area contributed by atoms with Crippen LogP contribution in [0.1, 0.15) is 18.1 Å². The number of nitrogens with zero attached hydrogens (tertiary/aromatic N) is 1. The molecule has 2 N–H and O–H groups in total. The Morgan fingerprint density at radius 1 is 1.30 bits per heavy atom. The molecule has 0 fully saturated rings. The topological polar surface area (TPSA) is 71.1 Å². The van der Waals surface area contributed by atoms with Crippen LogP contribution in [0, 0.1) is 6.92 Å². The summed E-state index contributed by atoms with van der Waals surface area (Å²) < 4.78 is 26.9. The SMILES string of the molecule is CCNc1ccc(S(=O)(=O)NCc2cscc2C)cn1. The van der Waals surface area contributed by atoms with Crippen LogP contribution in [-0.2, 0) is 16.6 Å². The van der Waals surface area contributed by atoms with Gasteiger partial charge in [0.1, 0.15) is 10.7 Å². The number of thiophene rings is 1. The minimum absolute atomic E-state index is 0.173. The van der Waals surface area contributed by atoms with Gasteiger partial charge in [-0.1, -0.05) is 0 Å². The summed E-state index contributed by atoms with van der Waals surface area (Å²) in [7, 11) is -3.52. The molecule has 0 aliphatic carbocycles. The molecule has 0 aromatic carbocycles. The number of aromatic nitrogens is 1. The van der Waals surface area contributed by atoms with E-state index in [-0.39, 0.29) is 4.90 Å². The molecule has 0 spiro atoms. The third-order valence-corrected chi connectivity index (χ3v) is 5.12. The van der Waals surface area contributed by atoms with Crippen molar-refractivity contribution in [3.63, 3.8) is 0 Å². The van der Waals surface area contributed by atoms with Crippen LogP contribution in [-0.4, -0.2) is 19.9 Å². The highest BCUT2D eigenvalue weighted by Gasteiger charge is 2.14. The maximum absolute atomic E-state index is 12.1. The lowest BCUT2D eigenvalue weighted by atomic mass is 10.2. The minimum atomic E-state index is -3.52. The van der Waals surface area contributed by atoms with Crippen molar-refractivity contribution in [3.05, 3.63) is 40.2 Å². The zero-order valence-corrected chi connectivity index (χ0v) is 13.0. The van der Waals surface area contributed by atoms with E-state index in [0.29, 0.717) is 12.4 Å². The van der Waals surface area contributed by atoms with Crippen molar-refractivity contribution >= 4 is 27.2 Å². The first-order valence-corrected chi connectivity index (χ1v) is 8.67. The minimum Gasteiger partial charge on any atom is -0.370 e. The molecule has 5 nitrogen and oxygen atoms in total. The lowest BCUT2D eigenvalue weighted by molar-refractivity contribution is 0.581. The Kier molecular flexibility index (Phi) is 4.74. The van der Waals surface area contributed by atoms with Crippen LogP contribution in [0.25, 0.3) is 0 Å². The maximum Gasteiger partial charge on any atom is 0.242 e. The van der Waals surface area contributed by atoms with Gasteiger partial charge in [0, 0.05) is 19.3 Å². The van der Waals surface area contributed by atoms with E-state index >= 15 is 0 Å². The summed E-state index contributed by atoms with van der Waals surface area (Å²) in [5, 5.41) is 6.97. The maximum atomic E-state index is 12.1. The second kappa shape index (κ2) is 6.34. The van der Waals surface area contributed by atoms with E-state index in [1.54, 1.807) is 23.5 Å². The van der Waals surface area contributed by atoms with Crippen molar-refractivity contribution in [1.29, 1.82) is 0 Å². The molecule has 0 radical (unpaired) electrons. The Morgan fingerprint density at radius 3 is 2.65 bits per heavy atom. The second-order valence-corrected chi connectivity index (χ2v) is 6.82. The van der Waals surface area contributed by atoms with E-state index in [1.165, 1.54) is 6.20 Å². The molecule has 2 aromatic rings. The first kappa shape index (κ1) is 15.0. The van der Waals surface area contributed by atoms with Gasteiger partial charge in [0.15, 0.2) is 0 Å². The fourth-order valence-electron chi connectivity index (χ4n) is 1.65. The molecule has 0 saturated heterocycles. The van der Waals surface area contributed by atoms with Crippen molar-refractivity contribution in [2.24, 2.45) is 0 Å².